The number of ether oxygens (including phenoxy) is 2. The first-order valence-electron chi connectivity index (χ1n) is 13.9. The van der Waals surface area contributed by atoms with Gasteiger partial charge in [-0.05, 0) is 80.0 Å². The van der Waals surface area contributed by atoms with Gasteiger partial charge in [-0.25, -0.2) is 0 Å². The predicted octanol–water partition coefficient (Wildman–Crippen LogP) is 5.03. The van der Waals surface area contributed by atoms with Crippen molar-refractivity contribution in [3.8, 4) is 0 Å². The Labute approximate surface area is 206 Å². The van der Waals surface area contributed by atoms with Gasteiger partial charge in [0.15, 0.2) is 0 Å². The maximum atomic E-state index is 12.6. The van der Waals surface area contributed by atoms with Crippen molar-refractivity contribution in [3.63, 3.8) is 0 Å². The third kappa shape index (κ3) is 4.19. The molecule has 0 bridgehead atoms. The minimum atomic E-state index is -0.0435. The molecule has 3 saturated carbocycles. The summed E-state index contributed by atoms with van der Waals surface area (Å²) in [5.41, 5.74) is 1.96. The van der Waals surface area contributed by atoms with Gasteiger partial charge in [0.1, 0.15) is 11.9 Å². The van der Waals surface area contributed by atoms with Crippen LogP contribution in [-0.4, -0.2) is 55.6 Å². The highest BCUT2D eigenvalue weighted by Crippen LogP contribution is 2.67. The number of allylic oxidation sites excluding steroid dienone is 1. The summed E-state index contributed by atoms with van der Waals surface area (Å²) < 4.78 is 11.4. The Morgan fingerprint density at radius 2 is 1.91 bits per heavy atom. The first-order chi connectivity index (χ1) is 16.2. The molecule has 8 atom stereocenters. The largest absolute Gasteiger partial charge is 0.462 e. The topological polar surface area (TPSA) is 55.8 Å². The van der Waals surface area contributed by atoms with E-state index in [1.807, 2.05) is 6.92 Å². The maximum absolute atomic E-state index is 12.6. The number of esters is 1. The molecule has 0 aromatic heterocycles. The second kappa shape index (κ2) is 9.35. The minimum absolute atomic E-state index is 0.0375. The zero-order valence-corrected chi connectivity index (χ0v) is 21.8. The van der Waals surface area contributed by atoms with Gasteiger partial charge in [-0.2, -0.15) is 0 Å². The highest BCUT2D eigenvalue weighted by molar-refractivity contribution is 5.80. The number of hydrogen-bond acceptors (Lipinski definition) is 5. The number of ketones is 1. The molecule has 5 nitrogen and oxygen atoms in total. The predicted molar refractivity (Wildman–Crippen MR) is 132 cm³/mol. The van der Waals surface area contributed by atoms with Crippen molar-refractivity contribution in [2.24, 2.45) is 40.4 Å². The molecular weight excluding hydrogens is 426 g/mol. The molecule has 5 heteroatoms. The van der Waals surface area contributed by atoms with Crippen molar-refractivity contribution in [2.45, 2.75) is 85.2 Å². The zero-order valence-electron chi connectivity index (χ0n) is 21.8. The van der Waals surface area contributed by atoms with Gasteiger partial charge in [0, 0.05) is 32.0 Å². The van der Waals surface area contributed by atoms with E-state index in [0.29, 0.717) is 35.9 Å². The highest BCUT2D eigenvalue weighted by Gasteiger charge is 2.61. The number of carbonyl (C=O) groups excluding carboxylic acids is 2. The molecule has 0 aromatic carbocycles. The van der Waals surface area contributed by atoms with Gasteiger partial charge >= 0.3 is 5.97 Å². The Balaban J connectivity index is 1.22. The molecule has 190 valence electrons. The van der Waals surface area contributed by atoms with Crippen molar-refractivity contribution in [1.82, 2.24) is 4.90 Å². The zero-order chi connectivity index (χ0) is 24.1. The summed E-state index contributed by atoms with van der Waals surface area (Å²) in [5, 5.41) is 0. The van der Waals surface area contributed by atoms with Gasteiger partial charge < -0.3 is 9.47 Å². The van der Waals surface area contributed by atoms with Gasteiger partial charge in [-0.3, -0.25) is 14.5 Å². The van der Waals surface area contributed by atoms with E-state index in [2.05, 4.69) is 31.7 Å². The molecule has 1 aliphatic heterocycles. The molecule has 0 amide bonds. The minimum Gasteiger partial charge on any atom is -0.462 e. The van der Waals surface area contributed by atoms with Crippen molar-refractivity contribution in [2.75, 3.05) is 32.8 Å². The molecule has 0 unspecified atom stereocenters. The Morgan fingerprint density at radius 1 is 1.15 bits per heavy atom. The van der Waals surface area contributed by atoms with E-state index in [9.17, 15) is 9.59 Å². The molecule has 0 spiro atoms. The van der Waals surface area contributed by atoms with E-state index in [0.717, 1.165) is 58.5 Å². The molecule has 34 heavy (non-hydrogen) atoms. The molecular formula is C29H45NO4. The summed E-state index contributed by atoms with van der Waals surface area (Å²) in [4.78, 5) is 27.4. The SMILES string of the molecule is CC(=O)[C@H]1[C@H](C)C[C@H]2[C@@H]3CC=C4C[C@@H](OC(=O)CCN5CCOCC5)CC[C@]4(C)[C@H]3CC[C@@]21C. The quantitative estimate of drug-likeness (QED) is 0.416. The number of carbonyl (C=O) groups is 2. The number of fused-ring (bicyclic) bond motifs is 5. The first kappa shape index (κ1) is 24.5. The number of Topliss-reactive ketones (excluding diaryl/α,β-unsaturated/α-hetero) is 1. The maximum Gasteiger partial charge on any atom is 0.307 e. The number of hydrogen-bond donors (Lipinski definition) is 0. The monoisotopic (exact) mass is 471 g/mol. The van der Waals surface area contributed by atoms with Crippen LogP contribution in [-0.2, 0) is 19.1 Å². The lowest BCUT2D eigenvalue weighted by Crippen LogP contribution is -2.51. The Morgan fingerprint density at radius 3 is 2.65 bits per heavy atom. The van der Waals surface area contributed by atoms with Crippen LogP contribution in [0.5, 0.6) is 0 Å². The summed E-state index contributed by atoms with van der Waals surface area (Å²) in [5.74, 6) is 3.19. The normalized spacial score (nSPS) is 44.4. The summed E-state index contributed by atoms with van der Waals surface area (Å²) in [6, 6.07) is 0. The number of morpholine rings is 1. The average Bonchev–Trinajstić information content (AvgIpc) is 3.08. The molecule has 0 aromatic rings. The number of nitrogens with zero attached hydrogens (tertiary/aromatic N) is 1. The summed E-state index contributed by atoms with van der Waals surface area (Å²) in [6.45, 7) is 13.2. The third-order valence-corrected chi connectivity index (χ3v) is 10.9. The Kier molecular flexibility index (Phi) is 6.74. The molecule has 4 aliphatic carbocycles. The van der Waals surface area contributed by atoms with E-state index in [-0.39, 0.29) is 28.8 Å². The summed E-state index contributed by atoms with van der Waals surface area (Å²) in [7, 11) is 0. The van der Waals surface area contributed by atoms with E-state index in [4.69, 9.17) is 9.47 Å². The Bertz CT molecular complexity index is 832. The lowest BCUT2D eigenvalue weighted by atomic mass is 9.47. The Hall–Kier alpha value is -1.20. The standard InChI is InChI=1S/C29H45NO4/c1-19-17-25-23-6-5-21-18-22(34-26(32)9-12-30-13-15-33-16-14-30)7-10-28(21,3)24(23)8-11-29(25,4)27(19)20(2)31/h5,19,22-25,27H,6-18H2,1-4H3/t19-,22+,23-,24+,25+,27-,28+,29+/m1/s1. The lowest BCUT2D eigenvalue weighted by Gasteiger charge is -2.58. The molecule has 4 fully saturated rings. The highest BCUT2D eigenvalue weighted by atomic mass is 16.5. The molecule has 1 heterocycles. The van der Waals surface area contributed by atoms with Crippen molar-refractivity contribution >= 4 is 11.8 Å². The van der Waals surface area contributed by atoms with Crippen LogP contribution in [0.4, 0.5) is 0 Å². The van der Waals surface area contributed by atoms with Crippen LogP contribution in [0.15, 0.2) is 11.6 Å². The molecule has 0 radical (unpaired) electrons. The van der Waals surface area contributed by atoms with Crippen LogP contribution in [0.25, 0.3) is 0 Å². The fourth-order valence-corrected chi connectivity index (χ4v) is 9.28. The second-order valence-electron chi connectivity index (χ2n) is 12.7. The molecule has 0 N–H and O–H groups in total. The smallest absolute Gasteiger partial charge is 0.307 e. The van der Waals surface area contributed by atoms with Crippen LogP contribution in [0, 0.1) is 40.4 Å². The van der Waals surface area contributed by atoms with Gasteiger partial charge in [0.25, 0.3) is 0 Å². The average molecular weight is 472 g/mol. The first-order valence-corrected chi connectivity index (χ1v) is 13.9. The second-order valence-corrected chi connectivity index (χ2v) is 12.7. The van der Waals surface area contributed by atoms with Crippen molar-refractivity contribution in [1.29, 1.82) is 0 Å². The van der Waals surface area contributed by atoms with E-state index < -0.39 is 0 Å². The molecule has 5 rings (SSSR count). The van der Waals surface area contributed by atoms with E-state index in [1.165, 1.54) is 19.3 Å². The van der Waals surface area contributed by atoms with Crippen LogP contribution in [0.2, 0.25) is 0 Å². The summed E-state index contributed by atoms with van der Waals surface area (Å²) in [6.07, 6.45) is 10.8. The van der Waals surface area contributed by atoms with Gasteiger partial charge in [-0.15, -0.1) is 0 Å². The lowest BCUT2D eigenvalue weighted by molar-refractivity contribution is -0.152. The van der Waals surface area contributed by atoms with Gasteiger partial charge in [-0.1, -0.05) is 32.4 Å². The van der Waals surface area contributed by atoms with Crippen molar-refractivity contribution in [3.05, 3.63) is 11.6 Å². The van der Waals surface area contributed by atoms with Gasteiger partial charge in [0.2, 0.25) is 0 Å². The van der Waals surface area contributed by atoms with Crippen LogP contribution in [0.1, 0.15) is 79.1 Å². The van der Waals surface area contributed by atoms with Crippen molar-refractivity contribution < 1.29 is 19.1 Å². The van der Waals surface area contributed by atoms with Crippen LogP contribution in [0.3, 0.4) is 0 Å². The van der Waals surface area contributed by atoms with E-state index >= 15 is 0 Å². The van der Waals surface area contributed by atoms with E-state index in [1.54, 1.807) is 5.57 Å². The van der Waals surface area contributed by atoms with Crippen LogP contribution >= 0.6 is 0 Å². The summed E-state index contributed by atoms with van der Waals surface area (Å²) >= 11 is 0. The molecule has 5 aliphatic rings. The molecule has 1 saturated heterocycles. The van der Waals surface area contributed by atoms with Crippen LogP contribution < -0.4 is 0 Å². The fraction of sp³-hybridized carbons (Fsp3) is 0.862. The van der Waals surface area contributed by atoms with Gasteiger partial charge in [0.05, 0.1) is 19.6 Å². The fourth-order valence-electron chi connectivity index (χ4n) is 9.28. The number of rotatable bonds is 5. The third-order valence-electron chi connectivity index (χ3n) is 10.9.